The first-order valence-corrected chi connectivity index (χ1v) is 8.40. The third-order valence-electron chi connectivity index (χ3n) is 4.45. The van der Waals surface area contributed by atoms with Crippen LogP contribution in [0.15, 0.2) is 18.2 Å². The maximum Gasteiger partial charge on any atom is 0.222 e. The summed E-state index contributed by atoms with van der Waals surface area (Å²) < 4.78 is 10.6. The normalized spacial score (nSPS) is 17.6. The zero-order valence-electron chi connectivity index (χ0n) is 14.4. The molecule has 0 aliphatic carbocycles. The predicted octanol–water partition coefficient (Wildman–Crippen LogP) is 2.24. The van der Waals surface area contributed by atoms with Crippen LogP contribution in [0.2, 0.25) is 0 Å². The first-order valence-electron chi connectivity index (χ1n) is 8.40. The van der Waals surface area contributed by atoms with Crippen molar-refractivity contribution < 1.29 is 14.3 Å². The van der Waals surface area contributed by atoms with Crippen LogP contribution >= 0.6 is 0 Å². The van der Waals surface area contributed by atoms with Crippen LogP contribution in [0, 0.1) is 0 Å². The molecule has 1 aromatic rings. The number of ether oxygens (including phenoxy) is 2. The number of benzene rings is 1. The lowest BCUT2D eigenvalue weighted by atomic mass is 10.1. The van der Waals surface area contributed by atoms with E-state index in [-0.39, 0.29) is 5.91 Å². The molecule has 1 N–H and O–H groups in total. The molecular weight excluding hydrogens is 292 g/mol. The van der Waals surface area contributed by atoms with E-state index >= 15 is 0 Å². The summed E-state index contributed by atoms with van der Waals surface area (Å²) in [7, 11) is 3.28. The minimum absolute atomic E-state index is 0.284. The van der Waals surface area contributed by atoms with Crippen LogP contribution in [0.5, 0.6) is 11.5 Å². The number of nitrogens with zero attached hydrogens (tertiary/aromatic N) is 1. The highest BCUT2D eigenvalue weighted by Gasteiger charge is 2.29. The molecule has 1 heterocycles. The summed E-state index contributed by atoms with van der Waals surface area (Å²) in [5.41, 5.74) is 1.16. The second kappa shape index (κ2) is 8.77. The summed E-state index contributed by atoms with van der Waals surface area (Å²) in [5.74, 6) is 1.76. The van der Waals surface area contributed by atoms with Crippen LogP contribution in [-0.4, -0.2) is 50.7 Å². The second-order valence-corrected chi connectivity index (χ2v) is 5.86. The van der Waals surface area contributed by atoms with Gasteiger partial charge in [-0.1, -0.05) is 13.0 Å². The number of rotatable bonds is 9. The molecule has 1 saturated heterocycles. The lowest BCUT2D eigenvalue weighted by Crippen LogP contribution is -2.36. The van der Waals surface area contributed by atoms with Crippen molar-refractivity contribution in [3.63, 3.8) is 0 Å². The molecule has 1 aliphatic heterocycles. The fourth-order valence-electron chi connectivity index (χ4n) is 3.13. The highest BCUT2D eigenvalue weighted by Crippen LogP contribution is 2.28. The van der Waals surface area contributed by atoms with Gasteiger partial charge in [0.05, 0.1) is 14.2 Å². The topological polar surface area (TPSA) is 50.8 Å². The van der Waals surface area contributed by atoms with Gasteiger partial charge in [-0.15, -0.1) is 0 Å². The van der Waals surface area contributed by atoms with E-state index in [0.29, 0.717) is 12.5 Å². The van der Waals surface area contributed by atoms with Gasteiger partial charge in [-0.05, 0) is 50.0 Å². The molecule has 1 atom stereocenters. The van der Waals surface area contributed by atoms with Gasteiger partial charge >= 0.3 is 0 Å². The zero-order valence-corrected chi connectivity index (χ0v) is 14.4. The van der Waals surface area contributed by atoms with Gasteiger partial charge in [0.15, 0.2) is 11.5 Å². The van der Waals surface area contributed by atoms with Gasteiger partial charge in [0, 0.05) is 19.0 Å². The van der Waals surface area contributed by atoms with Gasteiger partial charge in [-0.3, -0.25) is 4.79 Å². The SMILES string of the molecule is CCNCCC1CCC(=O)N1CCc1ccc(OC)c(OC)c1. The lowest BCUT2D eigenvalue weighted by Gasteiger charge is -2.25. The average molecular weight is 320 g/mol. The van der Waals surface area contributed by atoms with E-state index in [2.05, 4.69) is 12.2 Å². The maximum atomic E-state index is 12.1. The zero-order chi connectivity index (χ0) is 16.7. The molecule has 1 fully saturated rings. The molecule has 1 unspecified atom stereocenters. The standard InChI is InChI=1S/C18H28N2O3/c1-4-19-11-9-15-6-8-18(21)20(15)12-10-14-5-7-16(22-2)17(13-14)23-3/h5,7,13,15,19H,4,6,8-12H2,1-3H3. The lowest BCUT2D eigenvalue weighted by molar-refractivity contribution is -0.129. The fraction of sp³-hybridized carbons (Fsp3) is 0.611. The number of hydrogen-bond acceptors (Lipinski definition) is 4. The van der Waals surface area contributed by atoms with Gasteiger partial charge in [-0.2, -0.15) is 0 Å². The van der Waals surface area contributed by atoms with Gasteiger partial charge in [0.2, 0.25) is 5.91 Å². The maximum absolute atomic E-state index is 12.1. The molecule has 23 heavy (non-hydrogen) atoms. The van der Waals surface area contributed by atoms with Crippen LogP contribution in [0.1, 0.15) is 31.7 Å². The van der Waals surface area contributed by atoms with Crippen molar-refractivity contribution in [1.29, 1.82) is 0 Å². The van der Waals surface area contributed by atoms with E-state index in [0.717, 1.165) is 56.0 Å². The summed E-state index contributed by atoms with van der Waals surface area (Å²) >= 11 is 0. The van der Waals surface area contributed by atoms with Crippen LogP contribution < -0.4 is 14.8 Å². The summed E-state index contributed by atoms with van der Waals surface area (Å²) in [6.45, 7) is 4.83. The Kier molecular flexibility index (Phi) is 6.71. The molecule has 1 aliphatic rings. The molecule has 0 radical (unpaired) electrons. The summed E-state index contributed by atoms with van der Waals surface area (Å²) in [6, 6.07) is 6.33. The Hall–Kier alpha value is -1.75. The number of carbonyl (C=O) groups excluding carboxylic acids is 1. The summed E-state index contributed by atoms with van der Waals surface area (Å²) in [4.78, 5) is 14.2. The Labute approximate surface area is 139 Å². The molecular formula is C18H28N2O3. The van der Waals surface area contributed by atoms with E-state index < -0.39 is 0 Å². The second-order valence-electron chi connectivity index (χ2n) is 5.86. The first-order chi connectivity index (χ1) is 11.2. The third-order valence-corrected chi connectivity index (χ3v) is 4.45. The Morgan fingerprint density at radius 1 is 1.26 bits per heavy atom. The van der Waals surface area contributed by atoms with Gasteiger partial charge in [0.1, 0.15) is 0 Å². The largest absolute Gasteiger partial charge is 0.493 e. The van der Waals surface area contributed by atoms with Crippen molar-refractivity contribution in [3.8, 4) is 11.5 Å². The van der Waals surface area contributed by atoms with Crippen LogP contribution in [0.4, 0.5) is 0 Å². The molecule has 0 bridgehead atoms. The van der Waals surface area contributed by atoms with Crippen molar-refractivity contribution in [3.05, 3.63) is 23.8 Å². The monoisotopic (exact) mass is 320 g/mol. The number of methoxy groups -OCH3 is 2. The van der Waals surface area contributed by atoms with Gasteiger partial charge < -0.3 is 19.7 Å². The van der Waals surface area contributed by atoms with E-state index in [1.54, 1.807) is 14.2 Å². The van der Waals surface area contributed by atoms with E-state index in [4.69, 9.17) is 9.47 Å². The van der Waals surface area contributed by atoms with Crippen molar-refractivity contribution in [2.45, 2.75) is 38.6 Å². The molecule has 1 amide bonds. The number of hydrogen-bond donors (Lipinski definition) is 1. The quantitative estimate of drug-likeness (QED) is 0.709. The van der Waals surface area contributed by atoms with E-state index in [1.165, 1.54) is 0 Å². The number of carbonyl (C=O) groups is 1. The smallest absolute Gasteiger partial charge is 0.222 e. The molecule has 0 aromatic heterocycles. The highest BCUT2D eigenvalue weighted by molar-refractivity contribution is 5.78. The van der Waals surface area contributed by atoms with Crippen LogP contribution in [0.3, 0.4) is 0 Å². The Morgan fingerprint density at radius 3 is 2.74 bits per heavy atom. The molecule has 5 heteroatoms. The molecule has 0 saturated carbocycles. The summed E-state index contributed by atoms with van der Waals surface area (Å²) in [6.07, 6.45) is 3.54. The fourth-order valence-corrected chi connectivity index (χ4v) is 3.13. The Balaban J connectivity index is 1.94. The predicted molar refractivity (Wildman–Crippen MR) is 91.1 cm³/mol. The Bertz CT molecular complexity index is 519. The van der Waals surface area contributed by atoms with Crippen LogP contribution in [0.25, 0.3) is 0 Å². The van der Waals surface area contributed by atoms with Crippen molar-refractivity contribution in [2.75, 3.05) is 33.9 Å². The Morgan fingerprint density at radius 2 is 2.04 bits per heavy atom. The van der Waals surface area contributed by atoms with Crippen molar-refractivity contribution in [2.24, 2.45) is 0 Å². The average Bonchev–Trinajstić information content (AvgIpc) is 2.93. The third kappa shape index (κ3) is 4.61. The van der Waals surface area contributed by atoms with Crippen LogP contribution in [-0.2, 0) is 11.2 Å². The number of amides is 1. The molecule has 0 spiro atoms. The van der Waals surface area contributed by atoms with Gasteiger partial charge in [0.25, 0.3) is 0 Å². The molecule has 128 valence electrons. The van der Waals surface area contributed by atoms with Crippen molar-refractivity contribution >= 4 is 5.91 Å². The first kappa shape index (κ1) is 17.6. The van der Waals surface area contributed by atoms with E-state index in [1.807, 2.05) is 23.1 Å². The molecule has 5 nitrogen and oxygen atoms in total. The minimum atomic E-state index is 0.284. The number of nitrogens with one attached hydrogen (secondary N) is 1. The summed E-state index contributed by atoms with van der Waals surface area (Å²) in [5, 5.41) is 3.34. The minimum Gasteiger partial charge on any atom is -0.493 e. The van der Waals surface area contributed by atoms with Gasteiger partial charge in [-0.25, -0.2) is 0 Å². The highest BCUT2D eigenvalue weighted by atomic mass is 16.5. The van der Waals surface area contributed by atoms with Crippen molar-refractivity contribution in [1.82, 2.24) is 10.2 Å². The van der Waals surface area contributed by atoms with E-state index in [9.17, 15) is 4.79 Å². The molecule has 2 rings (SSSR count). The molecule has 1 aromatic carbocycles. The number of likely N-dealkylation sites (tertiary alicyclic amines) is 1.